The summed E-state index contributed by atoms with van der Waals surface area (Å²) in [6.07, 6.45) is 1.96. The smallest absolute Gasteiger partial charge is 0.256 e. The van der Waals surface area contributed by atoms with Gasteiger partial charge in [0.15, 0.2) is 5.58 Å². The largest absolute Gasteiger partial charge is 0.430 e. The Balaban J connectivity index is 2.74. The van der Waals surface area contributed by atoms with Crippen LogP contribution in [0.1, 0.15) is 0 Å². The van der Waals surface area contributed by atoms with Crippen LogP contribution in [0.25, 0.3) is 11.1 Å². The molecule has 0 unspecified atom stereocenters. The first-order valence-corrected chi connectivity index (χ1v) is 5.70. The van der Waals surface area contributed by atoms with Crippen LogP contribution in [0.15, 0.2) is 27.8 Å². The van der Waals surface area contributed by atoms with Gasteiger partial charge in [-0.2, -0.15) is 0 Å². The number of hydrogen-bond acceptors (Lipinski definition) is 3. The van der Waals surface area contributed by atoms with Crippen molar-refractivity contribution < 1.29 is 4.42 Å². The van der Waals surface area contributed by atoms with E-state index in [0.29, 0.717) is 0 Å². The Hall–Kier alpha value is -0.230. The van der Waals surface area contributed by atoms with E-state index in [-0.39, 0.29) is 0 Å². The van der Waals surface area contributed by atoms with Crippen molar-refractivity contribution in [2.45, 2.75) is 5.22 Å². The number of halogens is 1. The molecule has 2 aromatic rings. The Kier molecular flexibility index (Phi) is 2.27. The Morgan fingerprint density at radius 3 is 3.00 bits per heavy atom. The molecule has 0 bridgehead atoms. The lowest BCUT2D eigenvalue weighted by atomic mass is 10.3. The first-order valence-electron chi connectivity index (χ1n) is 3.40. The first kappa shape index (κ1) is 8.37. The molecule has 0 saturated heterocycles. The van der Waals surface area contributed by atoms with E-state index >= 15 is 0 Å². The topological polar surface area (TPSA) is 26.0 Å². The maximum atomic E-state index is 5.49. The van der Waals surface area contributed by atoms with E-state index in [1.54, 1.807) is 0 Å². The van der Waals surface area contributed by atoms with Crippen molar-refractivity contribution in [3.8, 4) is 0 Å². The van der Waals surface area contributed by atoms with Crippen molar-refractivity contribution >= 4 is 45.5 Å². The molecule has 2 nitrogen and oxygen atoms in total. The van der Waals surface area contributed by atoms with Gasteiger partial charge in [-0.05, 0) is 41.0 Å². The average molecular weight is 291 g/mol. The second kappa shape index (κ2) is 3.26. The summed E-state index contributed by atoms with van der Waals surface area (Å²) in [5.41, 5.74) is 1.83. The number of oxazole rings is 1. The standard InChI is InChI=1S/C8H6INOS/c1-12-8-10-6-4-2-3-5(9)7(6)11-8/h2-4H,1H3. The number of rotatable bonds is 1. The fourth-order valence-corrected chi connectivity index (χ4v) is 1.93. The van der Waals surface area contributed by atoms with E-state index in [1.807, 2.05) is 24.5 Å². The van der Waals surface area contributed by atoms with Gasteiger partial charge < -0.3 is 4.42 Å². The van der Waals surface area contributed by atoms with Gasteiger partial charge in [-0.3, -0.25) is 0 Å². The molecule has 0 N–H and O–H groups in total. The molecule has 0 saturated carbocycles. The quantitative estimate of drug-likeness (QED) is 0.596. The fraction of sp³-hybridized carbons (Fsp3) is 0.125. The third kappa shape index (κ3) is 1.33. The molecule has 0 aliphatic heterocycles. The summed E-state index contributed by atoms with van der Waals surface area (Å²) in [7, 11) is 0. The highest BCUT2D eigenvalue weighted by Crippen LogP contribution is 2.25. The normalized spacial score (nSPS) is 10.8. The minimum atomic E-state index is 0.731. The Morgan fingerprint density at radius 1 is 1.50 bits per heavy atom. The van der Waals surface area contributed by atoms with Crippen LogP contribution in [0.2, 0.25) is 0 Å². The summed E-state index contributed by atoms with van der Waals surface area (Å²) in [5, 5.41) is 0.731. The SMILES string of the molecule is CSc1nc2cccc(I)c2o1. The summed E-state index contributed by atoms with van der Waals surface area (Å²) in [4.78, 5) is 4.28. The van der Waals surface area contributed by atoms with Gasteiger partial charge in [-0.15, -0.1) is 0 Å². The average Bonchev–Trinajstić information content (AvgIpc) is 2.49. The predicted octanol–water partition coefficient (Wildman–Crippen LogP) is 3.15. The van der Waals surface area contributed by atoms with Gasteiger partial charge in [0.2, 0.25) is 0 Å². The predicted molar refractivity (Wildman–Crippen MR) is 58.5 cm³/mol. The molecule has 2 rings (SSSR count). The van der Waals surface area contributed by atoms with E-state index in [4.69, 9.17) is 4.42 Å². The van der Waals surface area contributed by atoms with E-state index in [0.717, 1.165) is 19.9 Å². The number of thioether (sulfide) groups is 1. The highest BCUT2D eigenvalue weighted by atomic mass is 127. The second-order valence-corrected chi connectivity index (χ2v) is 4.19. The lowest BCUT2D eigenvalue weighted by Gasteiger charge is -1.87. The van der Waals surface area contributed by atoms with Crippen molar-refractivity contribution in [3.05, 3.63) is 21.8 Å². The van der Waals surface area contributed by atoms with E-state index in [1.165, 1.54) is 11.8 Å². The van der Waals surface area contributed by atoms with Crippen LogP contribution in [0.4, 0.5) is 0 Å². The molecule has 0 spiro atoms. The molecule has 1 aromatic heterocycles. The third-order valence-corrected chi connectivity index (χ3v) is 2.90. The number of hydrogen-bond donors (Lipinski definition) is 0. The molecule has 4 heteroatoms. The lowest BCUT2D eigenvalue weighted by molar-refractivity contribution is 0.489. The van der Waals surface area contributed by atoms with Crippen LogP contribution in [0, 0.1) is 3.57 Å². The maximum Gasteiger partial charge on any atom is 0.256 e. The summed E-state index contributed by atoms with van der Waals surface area (Å²) < 4.78 is 6.60. The molecule has 0 radical (unpaired) electrons. The molecule has 62 valence electrons. The van der Waals surface area contributed by atoms with Gasteiger partial charge in [0.1, 0.15) is 5.52 Å². The van der Waals surface area contributed by atoms with Gasteiger partial charge in [-0.1, -0.05) is 17.8 Å². The molecule has 1 heterocycles. The van der Waals surface area contributed by atoms with Gasteiger partial charge in [-0.25, -0.2) is 4.98 Å². The first-order chi connectivity index (χ1) is 5.81. The van der Waals surface area contributed by atoms with Crippen molar-refractivity contribution in [2.75, 3.05) is 6.26 Å². The Labute approximate surface area is 87.9 Å². The van der Waals surface area contributed by atoms with E-state index < -0.39 is 0 Å². The minimum Gasteiger partial charge on any atom is -0.430 e. The van der Waals surface area contributed by atoms with Crippen LogP contribution < -0.4 is 0 Å². The number of benzene rings is 1. The van der Waals surface area contributed by atoms with Gasteiger partial charge in [0, 0.05) is 0 Å². The van der Waals surface area contributed by atoms with Crippen LogP contribution in [0.3, 0.4) is 0 Å². The van der Waals surface area contributed by atoms with Crippen LogP contribution in [-0.2, 0) is 0 Å². The van der Waals surface area contributed by atoms with Gasteiger partial charge >= 0.3 is 0 Å². The fourth-order valence-electron chi connectivity index (χ4n) is 0.982. The van der Waals surface area contributed by atoms with Gasteiger partial charge in [0.25, 0.3) is 5.22 Å². The van der Waals surface area contributed by atoms with Crippen molar-refractivity contribution in [3.63, 3.8) is 0 Å². The zero-order valence-corrected chi connectivity index (χ0v) is 9.35. The van der Waals surface area contributed by atoms with Crippen molar-refractivity contribution in [1.82, 2.24) is 4.98 Å². The molecule has 12 heavy (non-hydrogen) atoms. The summed E-state index contributed by atoms with van der Waals surface area (Å²) in [6, 6.07) is 5.95. The van der Waals surface area contributed by atoms with Gasteiger partial charge in [0.05, 0.1) is 3.57 Å². The number of nitrogens with zero attached hydrogens (tertiary/aromatic N) is 1. The Bertz CT molecular complexity index is 412. The molecular formula is C8H6INOS. The zero-order chi connectivity index (χ0) is 8.55. The molecule has 0 aliphatic carbocycles. The molecule has 0 aliphatic rings. The zero-order valence-electron chi connectivity index (χ0n) is 6.37. The maximum absolute atomic E-state index is 5.49. The molecular weight excluding hydrogens is 285 g/mol. The van der Waals surface area contributed by atoms with Crippen molar-refractivity contribution in [2.24, 2.45) is 0 Å². The third-order valence-electron chi connectivity index (χ3n) is 1.52. The summed E-state index contributed by atoms with van der Waals surface area (Å²) >= 11 is 3.77. The lowest BCUT2D eigenvalue weighted by Crippen LogP contribution is -1.70. The Morgan fingerprint density at radius 2 is 2.33 bits per heavy atom. The molecule has 0 atom stereocenters. The number of para-hydroxylation sites is 1. The summed E-state index contributed by atoms with van der Waals surface area (Å²) in [5.74, 6) is 0. The molecule has 0 amide bonds. The van der Waals surface area contributed by atoms with E-state index in [9.17, 15) is 0 Å². The monoisotopic (exact) mass is 291 g/mol. The van der Waals surface area contributed by atoms with Crippen LogP contribution >= 0.6 is 34.4 Å². The van der Waals surface area contributed by atoms with E-state index in [2.05, 4.69) is 27.6 Å². The highest BCUT2D eigenvalue weighted by Gasteiger charge is 2.06. The van der Waals surface area contributed by atoms with Crippen LogP contribution in [-0.4, -0.2) is 11.2 Å². The molecule has 0 fully saturated rings. The summed E-state index contributed by atoms with van der Waals surface area (Å²) in [6.45, 7) is 0. The number of aromatic nitrogens is 1. The second-order valence-electron chi connectivity index (χ2n) is 2.27. The number of fused-ring (bicyclic) bond motifs is 1. The van der Waals surface area contributed by atoms with Crippen LogP contribution in [0.5, 0.6) is 0 Å². The molecule has 1 aromatic carbocycles. The minimum absolute atomic E-state index is 0.731. The van der Waals surface area contributed by atoms with Crippen molar-refractivity contribution in [1.29, 1.82) is 0 Å². The highest BCUT2D eigenvalue weighted by molar-refractivity contribution is 14.1.